The zero-order valence-electron chi connectivity index (χ0n) is 13.0. The lowest BCUT2D eigenvalue weighted by Gasteiger charge is -2.66. The Hall–Kier alpha value is -1.04. The second-order valence-corrected chi connectivity index (χ2v) is 8.41. The van der Waals surface area contributed by atoms with Crippen LogP contribution in [0.25, 0.3) is 0 Å². The third kappa shape index (κ3) is 1.54. The molecular weight excluding hydrogens is 329 g/mol. The van der Waals surface area contributed by atoms with Crippen LogP contribution < -0.4 is 0 Å². The van der Waals surface area contributed by atoms with Crippen LogP contribution in [-0.4, -0.2) is 22.6 Å². The van der Waals surface area contributed by atoms with Gasteiger partial charge in [-0.15, -0.1) is 0 Å². The van der Waals surface area contributed by atoms with Gasteiger partial charge in [0.05, 0.1) is 10.0 Å². The van der Waals surface area contributed by atoms with E-state index in [2.05, 4.69) is 16.9 Å². The highest BCUT2D eigenvalue weighted by Crippen LogP contribution is 2.67. The maximum Gasteiger partial charge on any atom is 0.153 e. The minimum atomic E-state index is 0.0601. The molecule has 4 heteroatoms. The van der Waals surface area contributed by atoms with Crippen LogP contribution in [0.4, 0.5) is 0 Å². The van der Waals surface area contributed by atoms with Crippen molar-refractivity contribution in [3.63, 3.8) is 0 Å². The average molecular weight is 348 g/mol. The number of benzene rings is 1. The van der Waals surface area contributed by atoms with Gasteiger partial charge in [0.1, 0.15) is 0 Å². The van der Waals surface area contributed by atoms with Crippen molar-refractivity contribution in [1.29, 1.82) is 0 Å². The van der Waals surface area contributed by atoms with Gasteiger partial charge >= 0.3 is 0 Å². The molecule has 2 heterocycles. The van der Waals surface area contributed by atoms with Crippen LogP contribution in [0, 0.1) is 17.4 Å². The Morgan fingerprint density at radius 3 is 2.91 bits per heavy atom. The van der Waals surface area contributed by atoms with Crippen molar-refractivity contribution in [1.82, 2.24) is 4.90 Å². The summed E-state index contributed by atoms with van der Waals surface area (Å²) in [6.45, 7) is 1.01. The predicted molar refractivity (Wildman–Crippen MR) is 91.9 cm³/mol. The second kappa shape index (κ2) is 4.52. The summed E-state index contributed by atoms with van der Waals surface area (Å²) >= 11 is 12.9. The van der Waals surface area contributed by atoms with Gasteiger partial charge in [-0.25, -0.2) is 0 Å². The van der Waals surface area contributed by atoms with Gasteiger partial charge in [-0.05, 0) is 42.9 Å². The molecule has 1 saturated carbocycles. The van der Waals surface area contributed by atoms with E-state index in [0.29, 0.717) is 16.1 Å². The number of nitrogens with zero attached hydrogens (tertiary/aromatic N) is 1. The molecule has 1 spiro atoms. The van der Waals surface area contributed by atoms with Crippen LogP contribution in [0.1, 0.15) is 49.7 Å². The normalized spacial score (nSPS) is 36.6. The molecule has 1 aromatic carbocycles. The van der Waals surface area contributed by atoms with Gasteiger partial charge in [-0.2, -0.15) is 0 Å². The van der Waals surface area contributed by atoms with Gasteiger partial charge < -0.3 is 10.0 Å². The second-order valence-electron chi connectivity index (χ2n) is 7.63. The van der Waals surface area contributed by atoms with Crippen molar-refractivity contribution >= 4 is 23.2 Å². The summed E-state index contributed by atoms with van der Waals surface area (Å²) in [5, 5.41) is 11.2. The summed E-state index contributed by atoms with van der Waals surface area (Å²) in [7, 11) is 0. The molecule has 120 valence electrons. The lowest BCUT2D eigenvalue weighted by atomic mass is 9.42. The fourth-order valence-corrected chi connectivity index (χ4v) is 6.82. The smallest absolute Gasteiger partial charge is 0.153 e. The molecule has 1 aromatic rings. The fraction of sp³-hybridized carbons (Fsp3) is 0.579. The van der Waals surface area contributed by atoms with Gasteiger partial charge in [-0.1, -0.05) is 42.0 Å². The molecule has 2 aliphatic carbocycles. The summed E-state index contributed by atoms with van der Waals surface area (Å²) in [6.07, 6.45) is 7.90. The molecule has 3 unspecified atom stereocenters. The third-order valence-electron chi connectivity index (χ3n) is 7.02. The topological polar surface area (TPSA) is 23.5 Å². The molecule has 1 N–H and O–H groups in total. The Kier molecular flexibility index (Phi) is 2.82. The van der Waals surface area contributed by atoms with E-state index in [1.54, 1.807) is 0 Å². The van der Waals surface area contributed by atoms with E-state index in [1.165, 1.54) is 30.4 Å². The molecule has 2 fully saturated rings. The van der Waals surface area contributed by atoms with E-state index >= 15 is 0 Å². The molecule has 0 radical (unpaired) electrons. The van der Waals surface area contributed by atoms with Crippen LogP contribution >= 0.6 is 23.2 Å². The van der Waals surface area contributed by atoms with Crippen molar-refractivity contribution in [2.75, 3.05) is 6.54 Å². The summed E-state index contributed by atoms with van der Waals surface area (Å²) in [6, 6.07) is 5.79. The van der Waals surface area contributed by atoms with Crippen LogP contribution in [0.2, 0.25) is 10.0 Å². The number of halogens is 2. The highest BCUT2D eigenvalue weighted by atomic mass is 35.5. The van der Waals surface area contributed by atoms with E-state index in [4.69, 9.17) is 23.2 Å². The number of hydrogen-bond acceptors (Lipinski definition) is 2. The molecule has 2 nitrogen and oxygen atoms in total. The van der Waals surface area contributed by atoms with E-state index in [-0.39, 0.29) is 16.6 Å². The van der Waals surface area contributed by atoms with Gasteiger partial charge in [0.15, 0.2) is 5.75 Å². The number of piperidine rings is 1. The van der Waals surface area contributed by atoms with Crippen LogP contribution in [0.3, 0.4) is 0 Å². The number of fused-ring (bicyclic) bond motifs is 1. The van der Waals surface area contributed by atoms with Gasteiger partial charge in [-0.3, -0.25) is 0 Å². The van der Waals surface area contributed by atoms with E-state index in [1.807, 2.05) is 6.07 Å². The Morgan fingerprint density at radius 2 is 2.04 bits per heavy atom. The molecule has 3 atom stereocenters. The maximum absolute atomic E-state index is 10.4. The lowest BCUT2D eigenvalue weighted by Crippen LogP contribution is -2.68. The van der Waals surface area contributed by atoms with E-state index in [9.17, 15) is 5.11 Å². The standard InChI is InChI=1S/C19H19Cl2NO/c20-13-10-12-11-14-18-4-1-2-5-19(18,15(12)16(21)17(13)23)7-9-22(14)8-3-6-18/h10,14,23H,1-2,4-7,9,11H2. The minimum absolute atomic E-state index is 0.0601. The zero-order chi connectivity index (χ0) is 15.8. The number of phenolic OH excluding ortho intramolecular Hbond substituents is 1. The molecule has 0 aromatic heterocycles. The van der Waals surface area contributed by atoms with Crippen molar-refractivity contribution in [2.45, 2.75) is 56.4 Å². The van der Waals surface area contributed by atoms with E-state index in [0.717, 1.165) is 32.2 Å². The Morgan fingerprint density at radius 1 is 1.22 bits per heavy atom. The van der Waals surface area contributed by atoms with Crippen molar-refractivity contribution in [3.05, 3.63) is 27.2 Å². The van der Waals surface area contributed by atoms with Crippen LogP contribution in [-0.2, 0) is 11.8 Å². The molecule has 1 saturated heterocycles. The van der Waals surface area contributed by atoms with Crippen LogP contribution in [0.15, 0.2) is 6.07 Å². The lowest BCUT2D eigenvalue weighted by molar-refractivity contribution is -0.0768. The monoisotopic (exact) mass is 347 g/mol. The molecule has 23 heavy (non-hydrogen) atoms. The fourth-order valence-electron chi connectivity index (χ4n) is 6.14. The molecule has 4 bridgehead atoms. The van der Waals surface area contributed by atoms with Crippen LogP contribution in [0.5, 0.6) is 5.75 Å². The number of rotatable bonds is 0. The molecule has 5 rings (SSSR count). The van der Waals surface area contributed by atoms with Crippen molar-refractivity contribution < 1.29 is 5.11 Å². The quantitative estimate of drug-likeness (QED) is 0.698. The first-order valence-corrected chi connectivity index (χ1v) is 9.30. The van der Waals surface area contributed by atoms with Gasteiger partial charge in [0.2, 0.25) is 0 Å². The summed E-state index contributed by atoms with van der Waals surface area (Å²) in [5.74, 6) is 3.48. The highest BCUT2D eigenvalue weighted by molar-refractivity contribution is 6.37. The first-order chi connectivity index (χ1) is 11.1. The van der Waals surface area contributed by atoms with Crippen molar-refractivity contribution in [3.8, 4) is 17.7 Å². The molecule has 4 aliphatic rings. The molecular formula is C19H19Cl2NO. The Bertz CT molecular complexity index is 780. The third-order valence-corrected chi connectivity index (χ3v) is 7.67. The van der Waals surface area contributed by atoms with Gasteiger partial charge in [0.25, 0.3) is 0 Å². The number of aromatic hydroxyl groups is 1. The predicted octanol–water partition coefficient (Wildman–Crippen LogP) is 4.49. The van der Waals surface area contributed by atoms with Gasteiger partial charge in [0, 0.05) is 35.9 Å². The summed E-state index contributed by atoms with van der Waals surface area (Å²) < 4.78 is 0. The highest BCUT2D eigenvalue weighted by Gasteiger charge is 2.64. The SMILES string of the molecule is Oc1c(Cl)cc2c(c1Cl)C13CCCCC14CC#CN(CC3)C4C2. The Balaban J connectivity index is 1.85. The summed E-state index contributed by atoms with van der Waals surface area (Å²) in [4.78, 5) is 2.38. The largest absolute Gasteiger partial charge is 0.505 e. The Labute approximate surface area is 146 Å². The maximum atomic E-state index is 10.4. The first kappa shape index (κ1) is 14.3. The molecule has 0 amide bonds. The van der Waals surface area contributed by atoms with Crippen molar-refractivity contribution in [2.24, 2.45) is 5.41 Å². The average Bonchev–Trinajstić information content (AvgIpc) is 2.53. The number of phenols is 1. The van der Waals surface area contributed by atoms with E-state index < -0.39 is 0 Å². The number of hydrogen-bond donors (Lipinski definition) is 1. The first-order valence-electron chi connectivity index (χ1n) is 8.55. The minimum Gasteiger partial charge on any atom is -0.505 e. The molecule has 2 aliphatic heterocycles. The summed E-state index contributed by atoms with van der Waals surface area (Å²) in [5.41, 5.74) is 2.69. The zero-order valence-corrected chi connectivity index (χ0v) is 14.5.